The lowest BCUT2D eigenvalue weighted by Crippen LogP contribution is -2.00. The maximum atomic E-state index is 5.93. The molecule has 0 aliphatic rings. The van der Waals surface area contributed by atoms with Crippen LogP contribution in [0.5, 0.6) is 23.0 Å². The third-order valence-electron chi connectivity index (χ3n) is 4.39. The van der Waals surface area contributed by atoms with Gasteiger partial charge in [-0.1, -0.05) is 24.3 Å². The third-order valence-corrected chi connectivity index (χ3v) is 4.39. The van der Waals surface area contributed by atoms with Gasteiger partial charge in [0.1, 0.15) is 23.1 Å². The molecule has 4 aromatic rings. The van der Waals surface area contributed by atoms with Gasteiger partial charge >= 0.3 is 0 Å². The smallest absolute Gasteiger partial charge is 0.162 e. The lowest BCUT2D eigenvalue weighted by atomic mass is 10.2. The van der Waals surface area contributed by atoms with Crippen LogP contribution in [0.15, 0.2) is 66.7 Å². The fourth-order valence-corrected chi connectivity index (χ4v) is 3.07. The zero-order valence-electron chi connectivity index (χ0n) is 16.5. The summed E-state index contributed by atoms with van der Waals surface area (Å²) in [6.45, 7) is 1.86. The van der Waals surface area contributed by atoms with Gasteiger partial charge < -0.3 is 19.5 Å². The molecule has 6 nitrogen and oxygen atoms in total. The summed E-state index contributed by atoms with van der Waals surface area (Å²) < 4.78 is 16.8. The van der Waals surface area contributed by atoms with E-state index in [-0.39, 0.29) is 0 Å². The molecule has 0 aliphatic carbocycles. The fourth-order valence-electron chi connectivity index (χ4n) is 3.07. The lowest BCUT2D eigenvalue weighted by Gasteiger charge is -2.14. The van der Waals surface area contributed by atoms with Crippen molar-refractivity contribution < 1.29 is 14.2 Å². The van der Waals surface area contributed by atoms with E-state index in [0.717, 1.165) is 28.1 Å². The van der Waals surface area contributed by atoms with Crippen molar-refractivity contribution in [2.75, 3.05) is 19.5 Å². The Morgan fingerprint density at radius 1 is 0.759 bits per heavy atom. The van der Waals surface area contributed by atoms with Gasteiger partial charge in [-0.15, -0.1) is 0 Å². The number of ether oxygens (including phenoxy) is 3. The Hall–Kier alpha value is -3.80. The predicted octanol–water partition coefficient (Wildman–Crippen LogP) is 5.49. The minimum absolute atomic E-state index is 0.622. The molecular weight excluding hydrogens is 366 g/mol. The van der Waals surface area contributed by atoms with Crippen molar-refractivity contribution in [2.45, 2.75) is 6.92 Å². The Morgan fingerprint density at radius 2 is 1.48 bits per heavy atom. The molecule has 1 aromatic heterocycles. The number of aromatic nitrogens is 2. The molecule has 1 heterocycles. The van der Waals surface area contributed by atoms with Crippen LogP contribution in [0.4, 0.5) is 11.5 Å². The number of hydrogen-bond acceptors (Lipinski definition) is 6. The Morgan fingerprint density at radius 3 is 2.24 bits per heavy atom. The van der Waals surface area contributed by atoms with Crippen LogP contribution in [0.25, 0.3) is 10.9 Å². The number of hydrogen-bond donors (Lipinski definition) is 1. The number of para-hydroxylation sites is 1. The second-order valence-corrected chi connectivity index (χ2v) is 6.41. The summed E-state index contributed by atoms with van der Waals surface area (Å²) in [4.78, 5) is 9.11. The molecule has 0 radical (unpaired) electrons. The molecule has 0 bridgehead atoms. The van der Waals surface area contributed by atoms with E-state index in [1.807, 2.05) is 73.7 Å². The highest BCUT2D eigenvalue weighted by Gasteiger charge is 2.12. The molecule has 0 aliphatic heterocycles. The van der Waals surface area contributed by atoms with Gasteiger partial charge in [0.25, 0.3) is 0 Å². The largest absolute Gasteiger partial charge is 0.493 e. The Kier molecular flexibility index (Phi) is 5.16. The van der Waals surface area contributed by atoms with Crippen LogP contribution in [-0.2, 0) is 0 Å². The van der Waals surface area contributed by atoms with Crippen LogP contribution in [0.3, 0.4) is 0 Å². The number of fused-ring (bicyclic) bond motifs is 1. The highest BCUT2D eigenvalue weighted by molar-refractivity contribution is 5.93. The summed E-state index contributed by atoms with van der Waals surface area (Å²) in [5.74, 6) is 4.11. The summed E-state index contributed by atoms with van der Waals surface area (Å²) in [6.07, 6.45) is 0. The topological polar surface area (TPSA) is 65.5 Å². The van der Waals surface area contributed by atoms with Gasteiger partial charge in [0.15, 0.2) is 11.5 Å². The molecule has 0 fully saturated rings. The molecule has 29 heavy (non-hydrogen) atoms. The van der Waals surface area contributed by atoms with Gasteiger partial charge in [-0.3, -0.25) is 0 Å². The van der Waals surface area contributed by atoms with Crippen molar-refractivity contribution in [3.63, 3.8) is 0 Å². The van der Waals surface area contributed by atoms with E-state index in [9.17, 15) is 0 Å². The number of methoxy groups -OCH3 is 2. The Bertz CT molecular complexity index is 1150. The molecule has 0 spiro atoms. The summed E-state index contributed by atoms with van der Waals surface area (Å²) >= 11 is 0. The molecular formula is C23H21N3O3. The van der Waals surface area contributed by atoms with Gasteiger partial charge in [0.05, 0.1) is 19.7 Å². The third kappa shape index (κ3) is 4.06. The highest BCUT2D eigenvalue weighted by Crippen LogP contribution is 2.35. The van der Waals surface area contributed by atoms with Crippen molar-refractivity contribution in [2.24, 2.45) is 0 Å². The van der Waals surface area contributed by atoms with E-state index in [4.69, 9.17) is 14.2 Å². The van der Waals surface area contributed by atoms with Crippen molar-refractivity contribution in [3.05, 3.63) is 72.6 Å². The molecule has 1 N–H and O–H groups in total. The first-order chi connectivity index (χ1) is 14.2. The van der Waals surface area contributed by atoms with Gasteiger partial charge in [-0.25, -0.2) is 9.97 Å². The number of anilines is 2. The number of benzene rings is 3. The van der Waals surface area contributed by atoms with Crippen molar-refractivity contribution in [1.82, 2.24) is 9.97 Å². The number of nitrogens with zero attached hydrogens (tertiary/aromatic N) is 2. The number of aryl methyl sites for hydroxylation is 1. The van der Waals surface area contributed by atoms with E-state index in [1.54, 1.807) is 14.2 Å². The molecule has 0 saturated carbocycles. The summed E-state index contributed by atoms with van der Waals surface area (Å²) in [6, 6.07) is 21.1. The normalized spacial score (nSPS) is 10.6. The SMILES string of the molecule is COc1cc2nc(C)nc(Nc3cccc(Oc4ccccc4)c3)c2cc1OC. The molecule has 146 valence electrons. The van der Waals surface area contributed by atoms with Gasteiger partial charge in [0, 0.05) is 23.2 Å². The summed E-state index contributed by atoms with van der Waals surface area (Å²) in [5, 5.41) is 4.21. The number of rotatable bonds is 6. The van der Waals surface area contributed by atoms with Crippen LogP contribution in [0, 0.1) is 6.92 Å². The number of nitrogens with one attached hydrogen (secondary N) is 1. The lowest BCUT2D eigenvalue weighted by molar-refractivity contribution is 0.356. The minimum Gasteiger partial charge on any atom is -0.493 e. The van der Waals surface area contributed by atoms with Crippen molar-refractivity contribution in [1.29, 1.82) is 0 Å². The van der Waals surface area contributed by atoms with Gasteiger partial charge in [-0.05, 0) is 37.3 Å². The molecule has 6 heteroatoms. The average molecular weight is 387 g/mol. The van der Waals surface area contributed by atoms with E-state index < -0.39 is 0 Å². The van der Waals surface area contributed by atoms with Crippen molar-refractivity contribution >= 4 is 22.4 Å². The van der Waals surface area contributed by atoms with Crippen LogP contribution < -0.4 is 19.5 Å². The highest BCUT2D eigenvalue weighted by atomic mass is 16.5. The van der Waals surface area contributed by atoms with Gasteiger partial charge in [0.2, 0.25) is 0 Å². The first-order valence-corrected chi connectivity index (χ1v) is 9.16. The average Bonchev–Trinajstić information content (AvgIpc) is 2.73. The second-order valence-electron chi connectivity index (χ2n) is 6.41. The molecule has 0 saturated heterocycles. The summed E-state index contributed by atoms with van der Waals surface area (Å²) in [7, 11) is 3.21. The Balaban J connectivity index is 1.69. The first-order valence-electron chi connectivity index (χ1n) is 9.16. The standard InChI is InChI=1S/C23H21N3O3/c1-15-24-20-14-22(28-3)21(27-2)13-19(20)23(25-15)26-16-8-7-11-18(12-16)29-17-9-5-4-6-10-17/h4-14H,1-3H3,(H,24,25,26). The zero-order chi connectivity index (χ0) is 20.2. The maximum Gasteiger partial charge on any atom is 0.162 e. The minimum atomic E-state index is 0.622. The molecule has 4 rings (SSSR count). The van der Waals surface area contributed by atoms with Crippen LogP contribution >= 0.6 is 0 Å². The van der Waals surface area contributed by atoms with E-state index in [2.05, 4.69) is 15.3 Å². The zero-order valence-corrected chi connectivity index (χ0v) is 16.5. The van der Waals surface area contributed by atoms with Crippen LogP contribution in [0.1, 0.15) is 5.82 Å². The second kappa shape index (κ2) is 8.06. The Labute approximate surface area is 169 Å². The molecule has 3 aromatic carbocycles. The predicted molar refractivity (Wildman–Crippen MR) is 114 cm³/mol. The fraction of sp³-hybridized carbons (Fsp3) is 0.130. The van der Waals surface area contributed by atoms with E-state index >= 15 is 0 Å². The van der Waals surface area contributed by atoms with Crippen molar-refractivity contribution in [3.8, 4) is 23.0 Å². The van der Waals surface area contributed by atoms with E-state index in [0.29, 0.717) is 23.1 Å². The van der Waals surface area contributed by atoms with E-state index in [1.165, 1.54) is 0 Å². The summed E-state index contributed by atoms with van der Waals surface area (Å²) in [5.41, 5.74) is 1.63. The monoisotopic (exact) mass is 387 g/mol. The quantitative estimate of drug-likeness (QED) is 0.472. The molecule has 0 amide bonds. The molecule has 0 unspecified atom stereocenters. The van der Waals surface area contributed by atoms with Crippen LogP contribution in [0.2, 0.25) is 0 Å². The van der Waals surface area contributed by atoms with Crippen LogP contribution in [-0.4, -0.2) is 24.2 Å². The first kappa shape index (κ1) is 18.6. The van der Waals surface area contributed by atoms with Gasteiger partial charge in [-0.2, -0.15) is 0 Å². The maximum absolute atomic E-state index is 5.93. The molecule has 0 atom stereocenters.